The zero-order valence-electron chi connectivity index (χ0n) is 13.3. The molecule has 1 saturated heterocycles. The fourth-order valence-corrected chi connectivity index (χ4v) is 2.84. The first-order valence-corrected chi connectivity index (χ1v) is 7.74. The number of carbonyl (C=O) groups excluding carboxylic acids is 2. The minimum Gasteiger partial charge on any atom is -0.383 e. The molecule has 1 aliphatic rings. The highest BCUT2D eigenvalue weighted by Gasteiger charge is 2.36. The van der Waals surface area contributed by atoms with Crippen LogP contribution in [-0.4, -0.2) is 47.9 Å². The normalized spacial score (nSPS) is 18.5. The second-order valence-electron chi connectivity index (χ2n) is 5.66. The summed E-state index contributed by atoms with van der Waals surface area (Å²) in [4.78, 5) is 36.1. The number of hydrogen-bond acceptors (Lipinski definition) is 5. The highest BCUT2D eigenvalue weighted by molar-refractivity contribution is 6.34. The molecule has 130 valence electrons. The van der Waals surface area contributed by atoms with Crippen LogP contribution in [0.2, 0.25) is 5.02 Å². The molecular weight excluding hydrogens is 338 g/mol. The van der Waals surface area contributed by atoms with Gasteiger partial charge in [-0.2, -0.15) is 0 Å². The van der Waals surface area contributed by atoms with Crippen molar-refractivity contribution in [2.24, 2.45) is 5.92 Å². The fraction of sp³-hybridized carbons (Fsp3) is 0.467. The summed E-state index contributed by atoms with van der Waals surface area (Å²) in [5.41, 5.74) is 0.122. The molecule has 1 aliphatic heterocycles. The number of nitrogens with one attached hydrogen (secondary N) is 1. The molecule has 1 fully saturated rings. The first kappa shape index (κ1) is 18.2. The Morgan fingerprint density at radius 1 is 1.58 bits per heavy atom. The van der Waals surface area contributed by atoms with Crippen molar-refractivity contribution in [3.63, 3.8) is 0 Å². The summed E-state index contributed by atoms with van der Waals surface area (Å²) in [5.74, 6) is -0.941. The average molecular weight is 356 g/mol. The number of non-ortho nitro benzene ring substituents is 1. The minimum absolute atomic E-state index is 0.0754. The van der Waals surface area contributed by atoms with Gasteiger partial charge in [-0.3, -0.25) is 19.7 Å². The lowest BCUT2D eigenvalue weighted by atomic mass is 10.1. The van der Waals surface area contributed by atoms with Gasteiger partial charge in [-0.05, 0) is 13.0 Å². The molecule has 0 unspecified atom stereocenters. The topological polar surface area (TPSA) is 102 Å². The predicted octanol–water partition coefficient (Wildman–Crippen LogP) is 2.07. The van der Waals surface area contributed by atoms with Crippen molar-refractivity contribution in [3.05, 3.63) is 33.3 Å². The molecule has 24 heavy (non-hydrogen) atoms. The Bertz CT molecular complexity index is 667. The van der Waals surface area contributed by atoms with E-state index in [1.165, 1.54) is 18.2 Å². The second kappa shape index (κ2) is 7.59. The van der Waals surface area contributed by atoms with Gasteiger partial charge in [-0.15, -0.1) is 0 Å². The minimum atomic E-state index is -0.567. The van der Waals surface area contributed by atoms with Crippen molar-refractivity contribution in [3.8, 4) is 0 Å². The molecule has 2 amide bonds. The van der Waals surface area contributed by atoms with Crippen LogP contribution in [0.15, 0.2) is 18.2 Å². The monoisotopic (exact) mass is 355 g/mol. The fourth-order valence-electron chi connectivity index (χ4n) is 2.62. The SMILES string of the molecule is COC[C@H](C)N1C[C@@H](C(=O)Nc2ccc([N+](=O)[O-])cc2Cl)CC1=O. The van der Waals surface area contributed by atoms with Gasteiger partial charge in [-0.25, -0.2) is 0 Å². The number of benzene rings is 1. The number of nitro groups is 1. The number of amides is 2. The van der Waals surface area contributed by atoms with Gasteiger partial charge in [0.25, 0.3) is 5.69 Å². The van der Waals surface area contributed by atoms with Crippen molar-refractivity contribution in [1.82, 2.24) is 4.90 Å². The third-order valence-corrected chi connectivity index (χ3v) is 4.20. The van der Waals surface area contributed by atoms with Crippen LogP contribution >= 0.6 is 11.6 Å². The molecule has 0 aliphatic carbocycles. The van der Waals surface area contributed by atoms with Crippen molar-refractivity contribution >= 4 is 34.8 Å². The number of methoxy groups -OCH3 is 1. The number of halogens is 1. The average Bonchev–Trinajstić information content (AvgIpc) is 2.91. The molecule has 0 saturated carbocycles. The quantitative estimate of drug-likeness (QED) is 0.621. The lowest BCUT2D eigenvalue weighted by Crippen LogP contribution is -2.38. The van der Waals surface area contributed by atoms with Gasteiger partial charge in [0.1, 0.15) is 0 Å². The Labute approximate surface area is 143 Å². The number of carbonyl (C=O) groups is 2. The van der Waals surface area contributed by atoms with Crippen molar-refractivity contribution < 1.29 is 19.2 Å². The van der Waals surface area contributed by atoms with Crippen molar-refractivity contribution in [2.45, 2.75) is 19.4 Å². The first-order valence-electron chi connectivity index (χ1n) is 7.36. The second-order valence-corrected chi connectivity index (χ2v) is 6.07. The van der Waals surface area contributed by atoms with E-state index in [0.29, 0.717) is 13.2 Å². The third-order valence-electron chi connectivity index (χ3n) is 3.89. The number of ether oxygens (including phenoxy) is 1. The summed E-state index contributed by atoms with van der Waals surface area (Å²) < 4.78 is 5.04. The van der Waals surface area contributed by atoms with E-state index in [1.54, 1.807) is 12.0 Å². The number of anilines is 1. The van der Waals surface area contributed by atoms with E-state index < -0.39 is 10.8 Å². The number of rotatable bonds is 6. The Morgan fingerprint density at radius 2 is 2.29 bits per heavy atom. The highest BCUT2D eigenvalue weighted by Crippen LogP contribution is 2.28. The smallest absolute Gasteiger partial charge is 0.271 e. The van der Waals surface area contributed by atoms with Crippen molar-refractivity contribution in [2.75, 3.05) is 25.6 Å². The highest BCUT2D eigenvalue weighted by atomic mass is 35.5. The van der Waals surface area contributed by atoms with Crippen LogP contribution in [0.3, 0.4) is 0 Å². The van der Waals surface area contributed by atoms with Crippen LogP contribution in [0.5, 0.6) is 0 Å². The van der Waals surface area contributed by atoms with Gasteiger partial charge in [0.15, 0.2) is 0 Å². The van der Waals surface area contributed by atoms with E-state index in [1.807, 2.05) is 6.92 Å². The van der Waals surface area contributed by atoms with Crippen molar-refractivity contribution in [1.29, 1.82) is 0 Å². The summed E-state index contributed by atoms with van der Waals surface area (Å²) in [7, 11) is 1.55. The van der Waals surface area contributed by atoms with Gasteiger partial charge >= 0.3 is 0 Å². The molecule has 9 heteroatoms. The molecule has 0 radical (unpaired) electrons. The molecule has 1 heterocycles. The van der Waals surface area contributed by atoms with Crippen LogP contribution < -0.4 is 5.32 Å². The summed E-state index contributed by atoms with van der Waals surface area (Å²) in [6, 6.07) is 3.70. The lowest BCUT2D eigenvalue weighted by molar-refractivity contribution is -0.384. The van der Waals surface area contributed by atoms with Gasteiger partial charge in [0.05, 0.1) is 34.2 Å². The maximum absolute atomic E-state index is 12.3. The Morgan fingerprint density at radius 3 is 2.88 bits per heavy atom. The number of likely N-dealkylation sites (tertiary alicyclic amines) is 1. The Balaban J connectivity index is 2.03. The maximum Gasteiger partial charge on any atom is 0.271 e. The third kappa shape index (κ3) is 4.01. The summed E-state index contributed by atoms with van der Waals surface area (Å²) in [5, 5.41) is 13.4. The molecule has 8 nitrogen and oxygen atoms in total. The largest absolute Gasteiger partial charge is 0.383 e. The van der Waals surface area contributed by atoms with Gasteiger partial charge in [-0.1, -0.05) is 11.6 Å². The van der Waals surface area contributed by atoms with E-state index in [2.05, 4.69) is 5.32 Å². The molecule has 2 atom stereocenters. The zero-order chi connectivity index (χ0) is 17.9. The number of nitro benzene ring substituents is 1. The standard InChI is InChI=1S/C15H18ClN3O5/c1-9(8-24-2)18-7-10(5-14(18)20)15(21)17-13-4-3-11(19(22)23)6-12(13)16/h3-4,6,9-10H,5,7-8H2,1-2H3,(H,17,21)/t9-,10-/m0/s1. The summed E-state index contributed by atoms with van der Waals surface area (Å²) in [6.45, 7) is 2.56. The molecule has 1 aromatic rings. The Hall–Kier alpha value is -2.19. The molecule has 0 bridgehead atoms. The van der Waals surface area contributed by atoms with E-state index in [9.17, 15) is 19.7 Å². The van der Waals surface area contributed by atoms with E-state index in [-0.39, 0.29) is 40.7 Å². The molecule has 0 aromatic heterocycles. The summed E-state index contributed by atoms with van der Waals surface area (Å²) in [6.07, 6.45) is 0.116. The summed E-state index contributed by atoms with van der Waals surface area (Å²) >= 11 is 5.96. The molecule has 1 N–H and O–H groups in total. The molecular formula is C15H18ClN3O5. The van der Waals surface area contributed by atoms with Crippen LogP contribution in [0, 0.1) is 16.0 Å². The van der Waals surface area contributed by atoms with Crippen LogP contribution in [0.25, 0.3) is 0 Å². The van der Waals surface area contributed by atoms with Gasteiger partial charge in [0, 0.05) is 32.2 Å². The van der Waals surface area contributed by atoms with Gasteiger partial charge in [0.2, 0.25) is 11.8 Å². The van der Waals surface area contributed by atoms with E-state index in [4.69, 9.17) is 16.3 Å². The maximum atomic E-state index is 12.3. The van der Waals surface area contributed by atoms with E-state index >= 15 is 0 Å². The van der Waals surface area contributed by atoms with Crippen LogP contribution in [0.4, 0.5) is 11.4 Å². The first-order chi connectivity index (χ1) is 11.3. The number of hydrogen-bond donors (Lipinski definition) is 1. The molecule has 1 aromatic carbocycles. The van der Waals surface area contributed by atoms with E-state index in [0.717, 1.165) is 0 Å². The zero-order valence-corrected chi connectivity index (χ0v) is 14.1. The van der Waals surface area contributed by atoms with Gasteiger partial charge < -0.3 is 15.0 Å². The Kier molecular flexibility index (Phi) is 5.74. The molecule has 0 spiro atoms. The lowest BCUT2D eigenvalue weighted by Gasteiger charge is -2.23. The van der Waals surface area contributed by atoms with Crippen LogP contribution in [0.1, 0.15) is 13.3 Å². The predicted molar refractivity (Wildman–Crippen MR) is 87.9 cm³/mol. The van der Waals surface area contributed by atoms with Crippen LogP contribution in [-0.2, 0) is 14.3 Å². The number of nitrogens with zero attached hydrogens (tertiary/aromatic N) is 2. The molecule has 2 rings (SSSR count).